The standard InChI is InChI=1S/C39H46O18/c1-16(2)8-13-23-24(43)14-25(44)27-29(46)35(33(55-34(23)27)21-9-11-22(49-7)12-10-21)56-38-31(48)36(32(17(3)51-38)52-19(5)41)57-39-37(53-20(6)42)30(47)28(45)26(54-39)15-50-18(4)40/h8-12,14,17,26,28,30-32,36-39,43-45,47-48H,13,15H2,1-7H3. The maximum Gasteiger partial charge on any atom is 0.303 e. The molecule has 5 rings (SSSR count). The van der Waals surface area contributed by atoms with E-state index >= 15 is 0 Å². The summed E-state index contributed by atoms with van der Waals surface area (Å²) in [5.41, 5.74) is 0.306. The zero-order valence-electron chi connectivity index (χ0n) is 32.2. The molecule has 0 saturated carbocycles. The van der Waals surface area contributed by atoms with E-state index in [1.54, 1.807) is 30.3 Å². The van der Waals surface area contributed by atoms with Crippen molar-refractivity contribution < 1.29 is 82.2 Å². The molecule has 2 aliphatic heterocycles. The van der Waals surface area contributed by atoms with E-state index in [9.17, 15) is 44.7 Å². The lowest BCUT2D eigenvalue weighted by Crippen LogP contribution is -2.65. The Labute approximate surface area is 326 Å². The first kappa shape index (κ1) is 42.9. The van der Waals surface area contributed by atoms with Gasteiger partial charge in [-0.15, -0.1) is 0 Å². The molecule has 10 unspecified atom stereocenters. The van der Waals surface area contributed by atoms with Gasteiger partial charge in [-0.1, -0.05) is 11.6 Å². The Balaban J connectivity index is 1.61. The molecule has 0 aliphatic carbocycles. The van der Waals surface area contributed by atoms with Crippen molar-refractivity contribution in [3.8, 4) is 34.3 Å². The second kappa shape index (κ2) is 17.9. The molecule has 0 spiro atoms. The van der Waals surface area contributed by atoms with Crippen LogP contribution in [0.5, 0.6) is 23.0 Å². The van der Waals surface area contributed by atoms with E-state index in [4.69, 9.17) is 42.3 Å². The fourth-order valence-electron chi connectivity index (χ4n) is 6.45. The third kappa shape index (κ3) is 9.49. The highest BCUT2D eigenvalue weighted by Gasteiger charge is 2.54. The van der Waals surface area contributed by atoms with E-state index in [1.807, 2.05) is 13.8 Å². The van der Waals surface area contributed by atoms with Crippen LogP contribution >= 0.6 is 0 Å². The van der Waals surface area contributed by atoms with Crippen LogP contribution in [0.15, 0.2) is 51.2 Å². The normalized spacial score (nSPS) is 27.3. The highest BCUT2D eigenvalue weighted by atomic mass is 16.8. The van der Waals surface area contributed by atoms with Gasteiger partial charge in [0, 0.05) is 38.0 Å². The molecule has 310 valence electrons. The first-order valence-electron chi connectivity index (χ1n) is 17.9. The van der Waals surface area contributed by atoms with Crippen LogP contribution in [0, 0.1) is 0 Å². The van der Waals surface area contributed by atoms with Gasteiger partial charge in [-0.25, -0.2) is 0 Å². The number of methoxy groups -OCH3 is 1. The molecule has 57 heavy (non-hydrogen) atoms. The van der Waals surface area contributed by atoms with Crippen molar-refractivity contribution in [1.82, 2.24) is 0 Å². The van der Waals surface area contributed by atoms with E-state index in [0.717, 1.165) is 32.4 Å². The molecule has 3 aromatic rings. The number of carbonyl (C=O) groups is 3. The van der Waals surface area contributed by atoms with Crippen LogP contribution in [0.3, 0.4) is 0 Å². The average Bonchev–Trinajstić information content (AvgIpc) is 3.14. The summed E-state index contributed by atoms with van der Waals surface area (Å²) in [7, 11) is 1.46. The molecule has 0 bridgehead atoms. The Bertz CT molecular complexity index is 2030. The SMILES string of the molecule is COc1ccc(-c2oc3c(CC=C(C)C)c(O)cc(O)c3c(=O)c2OC2OC(C)C(OC(C)=O)C(OC3OC(COC(C)=O)C(O)C(O)C3OC(C)=O)C2O)cc1. The van der Waals surface area contributed by atoms with Gasteiger partial charge < -0.3 is 67.8 Å². The van der Waals surface area contributed by atoms with Crippen LogP contribution in [0.2, 0.25) is 0 Å². The highest BCUT2D eigenvalue weighted by molar-refractivity contribution is 5.91. The van der Waals surface area contributed by atoms with Gasteiger partial charge in [0.2, 0.25) is 17.5 Å². The lowest BCUT2D eigenvalue weighted by Gasteiger charge is -2.46. The first-order chi connectivity index (χ1) is 26.9. The van der Waals surface area contributed by atoms with Crippen LogP contribution in [0.4, 0.5) is 0 Å². The Kier molecular flexibility index (Phi) is 13.5. The number of aliphatic hydroxyl groups excluding tert-OH is 3. The molecule has 2 fully saturated rings. The quantitative estimate of drug-likeness (QED) is 0.0998. The predicted octanol–water partition coefficient (Wildman–Crippen LogP) is 2.13. The number of allylic oxidation sites excluding steroid dienone is 2. The lowest BCUT2D eigenvalue weighted by molar-refractivity contribution is -0.351. The zero-order valence-corrected chi connectivity index (χ0v) is 32.2. The molecule has 18 heteroatoms. The van der Waals surface area contributed by atoms with Crippen molar-refractivity contribution in [2.75, 3.05) is 13.7 Å². The van der Waals surface area contributed by atoms with Gasteiger partial charge in [0.15, 0.2) is 24.3 Å². The number of ether oxygens (including phenoxy) is 8. The summed E-state index contributed by atoms with van der Waals surface area (Å²) in [6.45, 7) is 7.79. The molecular weight excluding hydrogens is 756 g/mol. The molecule has 2 saturated heterocycles. The van der Waals surface area contributed by atoms with Crippen molar-refractivity contribution in [3.05, 3.63) is 57.8 Å². The Hall–Kier alpha value is -5.24. The minimum Gasteiger partial charge on any atom is -0.507 e. The largest absolute Gasteiger partial charge is 0.507 e. The Morgan fingerprint density at radius 3 is 2.05 bits per heavy atom. The van der Waals surface area contributed by atoms with Gasteiger partial charge in [-0.3, -0.25) is 19.2 Å². The minimum absolute atomic E-state index is 0.125. The molecule has 10 atom stereocenters. The number of esters is 3. The van der Waals surface area contributed by atoms with Crippen molar-refractivity contribution >= 4 is 28.9 Å². The molecule has 0 amide bonds. The number of aromatic hydroxyl groups is 2. The summed E-state index contributed by atoms with van der Waals surface area (Å²) in [5, 5.41) is 55.1. The Morgan fingerprint density at radius 1 is 0.807 bits per heavy atom. The fraction of sp³-hybridized carbons (Fsp3) is 0.487. The minimum atomic E-state index is -1.97. The number of hydrogen-bond acceptors (Lipinski definition) is 18. The molecular formula is C39H46O18. The number of phenolic OH excluding ortho intramolecular Hbond substituents is 2. The lowest BCUT2D eigenvalue weighted by atomic mass is 9.96. The number of carbonyl (C=O) groups excluding carboxylic acids is 3. The van der Waals surface area contributed by atoms with Crippen molar-refractivity contribution in [2.45, 2.75) is 109 Å². The molecule has 18 nitrogen and oxygen atoms in total. The molecule has 5 N–H and O–H groups in total. The zero-order chi connectivity index (χ0) is 41.9. The van der Waals surface area contributed by atoms with Gasteiger partial charge in [-0.05, 0) is 51.5 Å². The molecule has 0 radical (unpaired) electrons. The summed E-state index contributed by atoms with van der Waals surface area (Å²) in [4.78, 5) is 50.4. The van der Waals surface area contributed by atoms with Gasteiger partial charge in [0.05, 0.1) is 13.2 Å². The van der Waals surface area contributed by atoms with Crippen LogP contribution in [-0.4, -0.2) is 119 Å². The van der Waals surface area contributed by atoms with Crippen molar-refractivity contribution in [2.24, 2.45) is 0 Å². The Morgan fingerprint density at radius 2 is 1.46 bits per heavy atom. The van der Waals surface area contributed by atoms with Crippen LogP contribution in [0.1, 0.15) is 47.1 Å². The molecule has 1 aromatic heterocycles. The maximum atomic E-state index is 14.4. The van der Waals surface area contributed by atoms with E-state index < -0.39 is 103 Å². The van der Waals surface area contributed by atoms with E-state index in [2.05, 4.69) is 0 Å². The molecule has 2 aromatic carbocycles. The summed E-state index contributed by atoms with van der Waals surface area (Å²) in [6.07, 6.45) is -14.7. The number of phenols is 2. The highest BCUT2D eigenvalue weighted by Crippen LogP contribution is 2.41. The van der Waals surface area contributed by atoms with Gasteiger partial charge in [0.1, 0.15) is 65.3 Å². The average molecular weight is 803 g/mol. The van der Waals surface area contributed by atoms with Crippen molar-refractivity contribution in [1.29, 1.82) is 0 Å². The summed E-state index contributed by atoms with van der Waals surface area (Å²) in [5.74, 6) is -3.71. The van der Waals surface area contributed by atoms with Crippen molar-refractivity contribution in [3.63, 3.8) is 0 Å². The predicted molar refractivity (Wildman–Crippen MR) is 195 cm³/mol. The second-order valence-corrected chi connectivity index (χ2v) is 13.8. The summed E-state index contributed by atoms with van der Waals surface area (Å²) >= 11 is 0. The van der Waals surface area contributed by atoms with E-state index in [-0.39, 0.29) is 40.0 Å². The van der Waals surface area contributed by atoms with Gasteiger partial charge in [-0.2, -0.15) is 0 Å². The smallest absolute Gasteiger partial charge is 0.303 e. The fourth-order valence-corrected chi connectivity index (χ4v) is 6.45. The maximum absolute atomic E-state index is 14.4. The number of hydrogen-bond donors (Lipinski definition) is 5. The van der Waals surface area contributed by atoms with Gasteiger partial charge in [0.25, 0.3) is 0 Å². The second-order valence-electron chi connectivity index (χ2n) is 13.8. The van der Waals surface area contributed by atoms with Crippen LogP contribution < -0.4 is 14.9 Å². The van der Waals surface area contributed by atoms with E-state index in [1.165, 1.54) is 14.0 Å². The monoisotopic (exact) mass is 802 g/mol. The van der Waals surface area contributed by atoms with Gasteiger partial charge >= 0.3 is 17.9 Å². The molecule has 3 heterocycles. The topological polar surface area (TPSA) is 256 Å². The third-order valence-corrected chi connectivity index (χ3v) is 9.23. The number of benzene rings is 2. The third-order valence-electron chi connectivity index (χ3n) is 9.23. The summed E-state index contributed by atoms with van der Waals surface area (Å²) in [6, 6.07) is 7.27. The van der Waals surface area contributed by atoms with Crippen LogP contribution in [0.25, 0.3) is 22.3 Å². The number of rotatable bonds is 12. The van der Waals surface area contributed by atoms with Crippen LogP contribution in [-0.2, 0) is 49.2 Å². The summed E-state index contributed by atoms with van der Waals surface area (Å²) < 4.78 is 51.3. The number of aliphatic hydroxyl groups is 3. The van der Waals surface area contributed by atoms with E-state index in [0.29, 0.717) is 5.75 Å². The molecule has 2 aliphatic rings. The first-order valence-corrected chi connectivity index (χ1v) is 17.9. The number of fused-ring (bicyclic) bond motifs is 1.